The SMILES string of the molecule is CN(C(=O)c1cc2nc(Cl)ccc2[nH]1)c1cc(O)c(O)c(O)c1. The van der Waals surface area contributed by atoms with Gasteiger partial charge in [-0.05, 0) is 18.2 Å². The lowest BCUT2D eigenvalue weighted by atomic mass is 10.2. The van der Waals surface area contributed by atoms with Crippen molar-refractivity contribution < 1.29 is 20.1 Å². The minimum atomic E-state index is -0.640. The number of phenolic OH excluding ortho intramolecular Hbond substituents is 3. The number of nitrogens with zero attached hydrogens (tertiary/aromatic N) is 2. The van der Waals surface area contributed by atoms with E-state index in [1.807, 2.05) is 0 Å². The van der Waals surface area contributed by atoms with Gasteiger partial charge in [0.05, 0.1) is 16.7 Å². The number of aromatic nitrogens is 2. The van der Waals surface area contributed by atoms with Gasteiger partial charge in [-0.15, -0.1) is 0 Å². The number of benzene rings is 1. The Morgan fingerprint density at radius 3 is 2.48 bits per heavy atom. The summed E-state index contributed by atoms with van der Waals surface area (Å²) in [6.45, 7) is 0. The van der Waals surface area contributed by atoms with Gasteiger partial charge in [-0.3, -0.25) is 4.79 Å². The molecule has 0 aliphatic rings. The molecule has 23 heavy (non-hydrogen) atoms. The van der Waals surface area contributed by atoms with Crippen LogP contribution in [0, 0.1) is 0 Å². The lowest BCUT2D eigenvalue weighted by Gasteiger charge is -2.17. The van der Waals surface area contributed by atoms with Crippen LogP contribution in [0.15, 0.2) is 30.3 Å². The van der Waals surface area contributed by atoms with E-state index in [0.29, 0.717) is 16.2 Å². The molecule has 2 heterocycles. The number of carbonyl (C=O) groups is 1. The van der Waals surface area contributed by atoms with Crippen LogP contribution in [0.3, 0.4) is 0 Å². The van der Waals surface area contributed by atoms with Gasteiger partial charge in [0, 0.05) is 19.2 Å². The first-order valence-electron chi connectivity index (χ1n) is 6.55. The number of aromatic amines is 1. The molecule has 7 nitrogen and oxygen atoms in total. The van der Waals surface area contributed by atoms with E-state index in [2.05, 4.69) is 9.97 Å². The third-order valence-corrected chi connectivity index (χ3v) is 3.63. The third kappa shape index (κ3) is 2.62. The molecule has 0 unspecified atom stereocenters. The van der Waals surface area contributed by atoms with Gasteiger partial charge in [0.25, 0.3) is 5.91 Å². The zero-order chi connectivity index (χ0) is 16.7. The van der Waals surface area contributed by atoms with Crippen molar-refractivity contribution in [2.45, 2.75) is 0 Å². The lowest BCUT2D eigenvalue weighted by Crippen LogP contribution is -2.26. The maximum Gasteiger partial charge on any atom is 0.274 e. The molecule has 8 heteroatoms. The van der Waals surface area contributed by atoms with Crippen LogP contribution in [0.2, 0.25) is 5.15 Å². The Morgan fingerprint density at radius 1 is 1.17 bits per heavy atom. The van der Waals surface area contributed by atoms with Crippen LogP contribution in [0.4, 0.5) is 5.69 Å². The Bertz CT molecular complexity index is 899. The fourth-order valence-corrected chi connectivity index (χ4v) is 2.33. The fourth-order valence-electron chi connectivity index (χ4n) is 2.18. The third-order valence-electron chi connectivity index (χ3n) is 3.42. The molecular weight excluding hydrogens is 322 g/mol. The molecule has 0 saturated heterocycles. The van der Waals surface area contributed by atoms with Gasteiger partial charge in [0.2, 0.25) is 0 Å². The zero-order valence-corrected chi connectivity index (χ0v) is 12.7. The van der Waals surface area contributed by atoms with Gasteiger partial charge in [0.15, 0.2) is 17.2 Å². The Morgan fingerprint density at radius 2 is 1.83 bits per heavy atom. The smallest absolute Gasteiger partial charge is 0.274 e. The van der Waals surface area contributed by atoms with E-state index in [4.69, 9.17) is 11.6 Å². The number of pyridine rings is 1. The summed E-state index contributed by atoms with van der Waals surface area (Å²) < 4.78 is 0. The summed E-state index contributed by atoms with van der Waals surface area (Å²) in [5, 5.41) is 28.8. The summed E-state index contributed by atoms with van der Waals surface area (Å²) in [5.74, 6) is -2.10. The normalized spacial score (nSPS) is 10.9. The number of carbonyl (C=O) groups excluding carboxylic acids is 1. The number of H-pyrrole nitrogens is 1. The summed E-state index contributed by atoms with van der Waals surface area (Å²) in [6.07, 6.45) is 0. The van der Waals surface area contributed by atoms with E-state index in [1.54, 1.807) is 18.2 Å². The van der Waals surface area contributed by atoms with Crippen LogP contribution < -0.4 is 4.90 Å². The number of phenols is 3. The monoisotopic (exact) mass is 333 g/mol. The molecule has 118 valence electrons. The maximum absolute atomic E-state index is 12.5. The summed E-state index contributed by atoms with van der Waals surface area (Å²) >= 11 is 5.82. The predicted molar refractivity (Wildman–Crippen MR) is 85.3 cm³/mol. The second-order valence-corrected chi connectivity index (χ2v) is 5.33. The number of fused-ring (bicyclic) bond motifs is 1. The molecule has 0 radical (unpaired) electrons. The maximum atomic E-state index is 12.5. The zero-order valence-electron chi connectivity index (χ0n) is 11.9. The highest BCUT2D eigenvalue weighted by molar-refractivity contribution is 6.29. The molecule has 0 spiro atoms. The number of amides is 1. The van der Waals surface area contributed by atoms with E-state index < -0.39 is 23.2 Å². The fraction of sp³-hybridized carbons (Fsp3) is 0.0667. The number of rotatable bonds is 2. The molecule has 0 bridgehead atoms. The largest absolute Gasteiger partial charge is 0.504 e. The molecule has 4 N–H and O–H groups in total. The van der Waals surface area contributed by atoms with Crippen molar-refractivity contribution in [3.8, 4) is 17.2 Å². The van der Waals surface area contributed by atoms with Crippen molar-refractivity contribution in [2.75, 3.05) is 11.9 Å². The second-order valence-electron chi connectivity index (χ2n) is 4.95. The van der Waals surface area contributed by atoms with E-state index in [-0.39, 0.29) is 11.4 Å². The molecule has 0 aliphatic heterocycles. The van der Waals surface area contributed by atoms with Gasteiger partial charge in [-0.25, -0.2) is 4.98 Å². The number of hydrogen-bond donors (Lipinski definition) is 4. The summed E-state index contributed by atoms with van der Waals surface area (Å²) in [4.78, 5) is 20.8. The van der Waals surface area contributed by atoms with Crippen molar-refractivity contribution in [2.24, 2.45) is 0 Å². The van der Waals surface area contributed by atoms with Gasteiger partial charge in [-0.2, -0.15) is 0 Å². The Kier molecular flexibility index (Phi) is 3.49. The first-order valence-corrected chi connectivity index (χ1v) is 6.93. The van der Waals surface area contributed by atoms with Gasteiger partial charge >= 0.3 is 0 Å². The Labute approximate surface area is 135 Å². The van der Waals surface area contributed by atoms with E-state index in [0.717, 1.165) is 0 Å². The van der Waals surface area contributed by atoms with E-state index in [9.17, 15) is 20.1 Å². The Balaban J connectivity index is 1.97. The number of anilines is 1. The van der Waals surface area contributed by atoms with Crippen molar-refractivity contribution in [1.29, 1.82) is 0 Å². The topological polar surface area (TPSA) is 110 Å². The van der Waals surface area contributed by atoms with Crippen LogP contribution in [0.1, 0.15) is 10.5 Å². The number of hydrogen-bond acceptors (Lipinski definition) is 5. The number of aromatic hydroxyl groups is 3. The van der Waals surface area contributed by atoms with Crippen LogP contribution in [-0.2, 0) is 0 Å². The molecule has 3 rings (SSSR count). The van der Waals surface area contributed by atoms with Gasteiger partial charge in [-0.1, -0.05) is 11.6 Å². The highest BCUT2D eigenvalue weighted by Gasteiger charge is 2.19. The predicted octanol–water partition coefficient (Wildman–Crippen LogP) is 2.61. The second kappa shape index (κ2) is 5.36. The molecule has 3 aromatic rings. The molecule has 1 amide bonds. The standard InChI is InChI=1S/C15H12ClN3O4/c1-19(7-4-11(20)14(22)12(21)5-7)15(23)10-6-9-8(17-10)2-3-13(16)18-9/h2-6,17,20-22H,1H3. The van der Waals surface area contributed by atoms with E-state index >= 15 is 0 Å². The highest BCUT2D eigenvalue weighted by Crippen LogP contribution is 2.38. The first kappa shape index (κ1) is 15.0. The van der Waals surface area contributed by atoms with Crippen molar-refractivity contribution >= 4 is 34.2 Å². The van der Waals surface area contributed by atoms with Crippen LogP contribution >= 0.6 is 11.6 Å². The molecule has 2 aromatic heterocycles. The number of nitrogens with one attached hydrogen (secondary N) is 1. The van der Waals surface area contributed by atoms with Gasteiger partial charge in [0.1, 0.15) is 10.8 Å². The summed E-state index contributed by atoms with van der Waals surface area (Å²) in [6, 6.07) is 7.21. The highest BCUT2D eigenvalue weighted by atomic mass is 35.5. The molecule has 0 atom stereocenters. The minimum absolute atomic E-state index is 0.215. The average molecular weight is 334 g/mol. The van der Waals surface area contributed by atoms with E-state index in [1.165, 1.54) is 24.1 Å². The summed E-state index contributed by atoms with van der Waals surface area (Å²) in [5.41, 5.74) is 1.69. The number of halogens is 1. The first-order chi connectivity index (χ1) is 10.9. The van der Waals surface area contributed by atoms with Gasteiger partial charge < -0.3 is 25.2 Å². The quantitative estimate of drug-likeness (QED) is 0.425. The van der Waals surface area contributed by atoms with Crippen LogP contribution in [0.25, 0.3) is 11.0 Å². The minimum Gasteiger partial charge on any atom is -0.504 e. The molecule has 1 aromatic carbocycles. The molecule has 0 aliphatic carbocycles. The van der Waals surface area contributed by atoms with Crippen molar-refractivity contribution in [3.05, 3.63) is 41.2 Å². The molecule has 0 fully saturated rings. The van der Waals surface area contributed by atoms with Crippen molar-refractivity contribution in [3.63, 3.8) is 0 Å². The van der Waals surface area contributed by atoms with Crippen LogP contribution in [-0.4, -0.2) is 38.2 Å². The molecular formula is C15H12ClN3O4. The Hall–Kier alpha value is -2.93. The molecule has 0 saturated carbocycles. The average Bonchev–Trinajstić information content (AvgIpc) is 2.93. The van der Waals surface area contributed by atoms with Crippen molar-refractivity contribution in [1.82, 2.24) is 9.97 Å². The lowest BCUT2D eigenvalue weighted by molar-refractivity contribution is 0.0989. The van der Waals surface area contributed by atoms with Crippen LogP contribution in [0.5, 0.6) is 17.2 Å². The summed E-state index contributed by atoms with van der Waals surface area (Å²) in [7, 11) is 1.47.